The van der Waals surface area contributed by atoms with Crippen molar-refractivity contribution in [1.82, 2.24) is 4.90 Å². The van der Waals surface area contributed by atoms with E-state index in [-0.39, 0.29) is 24.0 Å². The lowest BCUT2D eigenvalue weighted by molar-refractivity contribution is -0.133. The van der Waals surface area contributed by atoms with Crippen molar-refractivity contribution in [2.45, 2.75) is 57.1 Å². The van der Waals surface area contributed by atoms with Crippen LogP contribution in [0.5, 0.6) is 0 Å². The molecule has 2 N–H and O–H groups in total. The van der Waals surface area contributed by atoms with Gasteiger partial charge in [-0.3, -0.25) is 9.59 Å². The van der Waals surface area contributed by atoms with Gasteiger partial charge in [0.1, 0.15) is 11.5 Å². The van der Waals surface area contributed by atoms with Gasteiger partial charge in [0.05, 0.1) is 6.61 Å². The molecule has 0 aromatic rings. The molecule has 0 aromatic heterocycles. The summed E-state index contributed by atoms with van der Waals surface area (Å²) in [4.78, 5) is 25.4. The van der Waals surface area contributed by atoms with Crippen molar-refractivity contribution in [1.29, 1.82) is 0 Å². The summed E-state index contributed by atoms with van der Waals surface area (Å²) >= 11 is 0. The zero-order valence-corrected chi connectivity index (χ0v) is 13.5. The van der Waals surface area contributed by atoms with E-state index in [1.807, 2.05) is 11.9 Å². The molecule has 6 heteroatoms. The number of carbonyl (C=O) groups excluding carboxylic acids is 2. The highest BCUT2D eigenvalue weighted by Crippen LogP contribution is 2.22. The summed E-state index contributed by atoms with van der Waals surface area (Å²) in [5, 5.41) is 19.0. The van der Waals surface area contributed by atoms with Crippen molar-refractivity contribution in [3.63, 3.8) is 0 Å². The minimum atomic E-state index is -1.37. The van der Waals surface area contributed by atoms with Gasteiger partial charge in [-0.05, 0) is 19.3 Å². The number of ether oxygens (including phenoxy) is 1. The normalized spacial score (nSPS) is 22.3. The van der Waals surface area contributed by atoms with Crippen molar-refractivity contribution in [2.75, 3.05) is 13.7 Å². The molecule has 2 rings (SSSR count). The summed E-state index contributed by atoms with van der Waals surface area (Å²) in [6.07, 6.45) is 7.45. The van der Waals surface area contributed by atoms with Crippen LogP contribution in [0.2, 0.25) is 0 Å². The van der Waals surface area contributed by atoms with E-state index in [2.05, 4.69) is 0 Å². The van der Waals surface area contributed by atoms with Crippen molar-refractivity contribution in [2.24, 2.45) is 0 Å². The number of rotatable bonds is 6. The summed E-state index contributed by atoms with van der Waals surface area (Å²) < 4.78 is 5.33. The number of aliphatic hydroxyl groups excluding tert-OH is 2. The Bertz CT molecular complexity index is 505. The minimum Gasteiger partial charge on any atom is -0.508 e. The van der Waals surface area contributed by atoms with E-state index in [9.17, 15) is 19.8 Å². The van der Waals surface area contributed by atoms with Crippen molar-refractivity contribution in [3.05, 3.63) is 23.7 Å². The SMILES string of the molecule is CN(C(=O)CCCOC1=CC(O)=CC(=O)C1O)C1CCCCC1. The van der Waals surface area contributed by atoms with Crippen LogP contribution in [-0.4, -0.2) is 52.6 Å². The maximum atomic E-state index is 12.2. The van der Waals surface area contributed by atoms with Gasteiger partial charge in [0.25, 0.3) is 0 Å². The summed E-state index contributed by atoms with van der Waals surface area (Å²) in [6, 6.07) is 0.347. The predicted molar refractivity (Wildman–Crippen MR) is 84.6 cm³/mol. The van der Waals surface area contributed by atoms with Crippen molar-refractivity contribution in [3.8, 4) is 0 Å². The van der Waals surface area contributed by atoms with Gasteiger partial charge >= 0.3 is 0 Å². The van der Waals surface area contributed by atoms with E-state index in [0.717, 1.165) is 18.9 Å². The van der Waals surface area contributed by atoms with Crippen molar-refractivity contribution >= 4 is 11.7 Å². The van der Waals surface area contributed by atoms with Gasteiger partial charge in [0, 0.05) is 31.7 Å². The molecule has 0 aromatic carbocycles. The van der Waals surface area contributed by atoms with E-state index in [1.54, 1.807) is 0 Å². The number of aliphatic hydroxyl groups is 2. The van der Waals surface area contributed by atoms with Gasteiger partial charge in [0.15, 0.2) is 11.9 Å². The molecule has 0 saturated heterocycles. The van der Waals surface area contributed by atoms with Gasteiger partial charge in [-0.1, -0.05) is 19.3 Å². The van der Waals surface area contributed by atoms with E-state index in [1.165, 1.54) is 25.3 Å². The predicted octanol–water partition coefficient (Wildman–Crippen LogP) is 1.84. The third-order valence-electron chi connectivity index (χ3n) is 4.44. The van der Waals surface area contributed by atoms with Crippen LogP contribution in [0, 0.1) is 0 Å². The maximum absolute atomic E-state index is 12.2. The van der Waals surface area contributed by atoms with Crippen LogP contribution in [0.4, 0.5) is 0 Å². The highest BCUT2D eigenvalue weighted by Gasteiger charge is 2.25. The van der Waals surface area contributed by atoms with Gasteiger partial charge in [0.2, 0.25) is 5.91 Å². The molecule has 1 amide bonds. The van der Waals surface area contributed by atoms with Crippen LogP contribution < -0.4 is 0 Å². The Balaban J connectivity index is 1.71. The number of hydrogen-bond donors (Lipinski definition) is 2. The van der Waals surface area contributed by atoms with E-state index < -0.39 is 11.9 Å². The Morgan fingerprint density at radius 2 is 2.00 bits per heavy atom. The molecule has 23 heavy (non-hydrogen) atoms. The number of allylic oxidation sites excluding steroid dienone is 1. The second-order valence-corrected chi connectivity index (χ2v) is 6.17. The molecule has 1 atom stereocenters. The lowest BCUT2D eigenvalue weighted by Crippen LogP contribution is -2.38. The molecular formula is C17H25NO5. The van der Waals surface area contributed by atoms with E-state index >= 15 is 0 Å². The Hall–Kier alpha value is -1.82. The van der Waals surface area contributed by atoms with Gasteiger partial charge < -0.3 is 19.8 Å². The number of hydrogen-bond acceptors (Lipinski definition) is 5. The molecule has 0 radical (unpaired) electrons. The number of ketones is 1. The third kappa shape index (κ3) is 4.82. The van der Waals surface area contributed by atoms with Crippen molar-refractivity contribution < 1.29 is 24.5 Å². The van der Waals surface area contributed by atoms with Crippen LogP contribution in [0.3, 0.4) is 0 Å². The van der Waals surface area contributed by atoms with E-state index in [4.69, 9.17) is 4.74 Å². The van der Waals surface area contributed by atoms with Crippen LogP contribution in [-0.2, 0) is 14.3 Å². The molecule has 0 aliphatic heterocycles. The van der Waals surface area contributed by atoms with Gasteiger partial charge in [-0.15, -0.1) is 0 Å². The molecule has 0 heterocycles. The van der Waals surface area contributed by atoms with Gasteiger partial charge in [-0.25, -0.2) is 0 Å². The fourth-order valence-electron chi connectivity index (χ4n) is 3.01. The lowest BCUT2D eigenvalue weighted by Gasteiger charge is -2.31. The average molecular weight is 323 g/mol. The summed E-state index contributed by atoms with van der Waals surface area (Å²) in [5.41, 5.74) is 0. The molecule has 1 fully saturated rings. The number of carbonyl (C=O) groups is 2. The monoisotopic (exact) mass is 323 g/mol. The standard InChI is InChI=1S/C17H25NO5/c1-18(12-6-3-2-4-7-12)16(21)8-5-9-23-15-11-13(19)10-14(20)17(15)22/h10-12,17,19,22H,2-9H2,1H3. The Morgan fingerprint density at radius 1 is 1.30 bits per heavy atom. The summed E-state index contributed by atoms with van der Waals surface area (Å²) in [6.45, 7) is 0.216. The maximum Gasteiger partial charge on any atom is 0.222 e. The highest BCUT2D eigenvalue weighted by molar-refractivity contribution is 5.97. The molecule has 2 aliphatic rings. The van der Waals surface area contributed by atoms with Crippen LogP contribution in [0.1, 0.15) is 44.9 Å². The first-order valence-electron chi connectivity index (χ1n) is 8.21. The van der Waals surface area contributed by atoms with Crippen LogP contribution in [0.25, 0.3) is 0 Å². The highest BCUT2D eigenvalue weighted by atomic mass is 16.5. The third-order valence-corrected chi connectivity index (χ3v) is 4.44. The topological polar surface area (TPSA) is 87.1 Å². The number of amides is 1. The fourth-order valence-corrected chi connectivity index (χ4v) is 3.01. The summed E-state index contributed by atoms with van der Waals surface area (Å²) in [7, 11) is 1.86. The van der Waals surface area contributed by atoms with Crippen LogP contribution >= 0.6 is 0 Å². The fraction of sp³-hybridized carbons (Fsp3) is 0.647. The first-order chi connectivity index (χ1) is 11.0. The minimum absolute atomic E-state index is 0.0306. The lowest BCUT2D eigenvalue weighted by atomic mass is 9.94. The Morgan fingerprint density at radius 3 is 2.70 bits per heavy atom. The van der Waals surface area contributed by atoms with Crippen LogP contribution in [0.15, 0.2) is 23.7 Å². The molecule has 1 saturated carbocycles. The molecule has 2 aliphatic carbocycles. The molecule has 0 spiro atoms. The first kappa shape index (κ1) is 17.5. The zero-order chi connectivity index (χ0) is 16.8. The quantitative estimate of drug-likeness (QED) is 0.728. The average Bonchev–Trinajstić information content (AvgIpc) is 2.55. The molecular weight excluding hydrogens is 298 g/mol. The summed E-state index contributed by atoms with van der Waals surface area (Å²) in [5.74, 6) is -0.711. The first-order valence-corrected chi connectivity index (χ1v) is 8.21. The largest absolute Gasteiger partial charge is 0.508 e. The molecule has 1 unspecified atom stereocenters. The van der Waals surface area contributed by atoms with E-state index in [0.29, 0.717) is 18.9 Å². The van der Waals surface area contributed by atoms with Gasteiger partial charge in [-0.2, -0.15) is 0 Å². The molecule has 6 nitrogen and oxygen atoms in total. The zero-order valence-electron chi connectivity index (χ0n) is 13.5. The molecule has 128 valence electrons. The molecule has 0 bridgehead atoms. The smallest absolute Gasteiger partial charge is 0.222 e. The Labute approximate surface area is 136 Å². The second kappa shape index (κ2) is 8.15. The second-order valence-electron chi connectivity index (χ2n) is 6.17. The number of nitrogens with zero attached hydrogens (tertiary/aromatic N) is 1. The Kier molecular flexibility index (Phi) is 6.21.